The molecule has 0 aliphatic carbocycles. The maximum atomic E-state index is 5.65. The van der Waals surface area contributed by atoms with Gasteiger partial charge >= 0.3 is 0 Å². The van der Waals surface area contributed by atoms with E-state index in [1.165, 1.54) is 0 Å². The Morgan fingerprint density at radius 2 is 2.44 bits per heavy atom. The van der Waals surface area contributed by atoms with Crippen molar-refractivity contribution in [2.45, 2.75) is 30.5 Å². The fourth-order valence-corrected chi connectivity index (χ4v) is 3.65. The van der Waals surface area contributed by atoms with E-state index >= 15 is 0 Å². The highest BCUT2D eigenvalue weighted by atomic mass is 32.2. The van der Waals surface area contributed by atoms with Crippen LogP contribution in [0.4, 0.5) is 0 Å². The van der Waals surface area contributed by atoms with Crippen LogP contribution in [0.25, 0.3) is 10.8 Å². The highest BCUT2D eigenvalue weighted by Gasteiger charge is 2.25. The molecule has 2 aromatic rings. The lowest BCUT2D eigenvalue weighted by atomic mass is 10.3. The number of thioether (sulfide) groups is 1. The molecule has 0 bridgehead atoms. The summed E-state index contributed by atoms with van der Waals surface area (Å²) in [6, 6.07) is 3.97. The second-order valence-corrected chi connectivity index (χ2v) is 6.37. The standard InChI is InChI=1S/C12H14N2O2S2/c1-8-9(4-5-15-8)18-7-11-13-14-12(16-11)10-3-2-6-17-10/h2-3,6,8-9H,4-5,7H2,1H3/t8-,9-/m0/s1. The van der Waals surface area contributed by atoms with Gasteiger partial charge in [-0.25, -0.2) is 0 Å². The van der Waals surface area contributed by atoms with E-state index in [9.17, 15) is 0 Å². The first kappa shape index (κ1) is 12.2. The van der Waals surface area contributed by atoms with Crippen molar-refractivity contribution >= 4 is 23.1 Å². The largest absolute Gasteiger partial charge is 0.419 e. The Hall–Kier alpha value is -0.850. The van der Waals surface area contributed by atoms with Crippen LogP contribution in [0.15, 0.2) is 21.9 Å². The average molecular weight is 282 g/mol. The smallest absolute Gasteiger partial charge is 0.257 e. The van der Waals surface area contributed by atoms with Crippen molar-refractivity contribution in [1.29, 1.82) is 0 Å². The summed E-state index contributed by atoms with van der Waals surface area (Å²) in [6.07, 6.45) is 1.44. The van der Waals surface area contributed by atoms with E-state index in [-0.39, 0.29) is 0 Å². The summed E-state index contributed by atoms with van der Waals surface area (Å²) in [4.78, 5) is 1.02. The van der Waals surface area contributed by atoms with Crippen LogP contribution >= 0.6 is 23.1 Å². The molecule has 2 aromatic heterocycles. The molecule has 1 saturated heterocycles. The van der Waals surface area contributed by atoms with Crippen LogP contribution in [0.3, 0.4) is 0 Å². The average Bonchev–Trinajstić information content (AvgIpc) is 3.08. The number of nitrogens with zero attached hydrogens (tertiary/aromatic N) is 2. The number of ether oxygens (including phenoxy) is 1. The Morgan fingerprint density at radius 1 is 1.50 bits per heavy atom. The van der Waals surface area contributed by atoms with Gasteiger partial charge in [0, 0.05) is 11.9 Å². The molecule has 0 unspecified atom stereocenters. The first-order valence-corrected chi connectivity index (χ1v) is 7.85. The summed E-state index contributed by atoms with van der Waals surface area (Å²) in [5.74, 6) is 2.08. The second-order valence-electron chi connectivity index (χ2n) is 4.19. The minimum absolute atomic E-state index is 0.328. The number of hydrogen-bond donors (Lipinski definition) is 0. The highest BCUT2D eigenvalue weighted by Crippen LogP contribution is 2.30. The minimum atomic E-state index is 0.328. The van der Waals surface area contributed by atoms with Gasteiger partial charge < -0.3 is 9.15 Å². The zero-order valence-electron chi connectivity index (χ0n) is 10.0. The minimum Gasteiger partial charge on any atom is -0.419 e. The molecule has 3 rings (SSSR count). The molecule has 96 valence electrons. The van der Waals surface area contributed by atoms with Crippen molar-refractivity contribution in [3.8, 4) is 10.8 Å². The van der Waals surface area contributed by atoms with Gasteiger partial charge in [-0.05, 0) is 24.8 Å². The van der Waals surface area contributed by atoms with Gasteiger partial charge in [0.25, 0.3) is 5.89 Å². The van der Waals surface area contributed by atoms with Crippen LogP contribution < -0.4 is 0 Å². The zero-order chi connectivity index (χ0) is 12.4. The van der Waals surface area contributed by atoms with Crippen molar-refractivity contribution in [3.63, 3.8) is 0 Å². The van der Waals surface area contributed by atoms with E-state index in [4.69, 9.17) is 9.15 Å². The van der Waals surface area contributed by atoms with Crippen LogP contribution in [-0.2, 0) is 10.5 Å². The van der Waals surface area contributed by atoms with E-state index in [2.05, 4.69) is 17.1 Å². The molecule has 1 fully saturated rings. The second kappa shape index (κ2) is 5.42. The molecular formula is C12H14N2O2S2. The molecule has 0 radical (unpaired) electrons. The Kier molecular flexibility index (Phi) is 3.67. The van der Waals surface area contributed by atoms with Crippen LogP contribution in [0.5, 0.6) is 0 Å². The van der Waals surface area contributed by atoms with E-state index in [0.717, 1.165) is 23.7 Å². The fourth-order valence-electron chi connectivity index (χ4n) is 1.92. The molecule has 0 saturated carbocycles. The summed E-state index contributed by atoms with van der Waals surface area (Å²) in [7, 11) is 0. The monoisotopic (exact) mass is 282 g/mol. The molecule has 0 N–H and O–H groups in total. The number of hydrogen-bond acceptors (Lipinski definition) is 6. The van der Waals surface area contributed by atoms with Crippen molar-refractivity contribution in [1.82, 2.24) is 10.2 Å². The summed E-state index contributed by atoms with van der Waals surface area (Å²) >= 11 is 3.45. The van der Waals surface area contributed by atoms with Crippen LogP contribution in [0.2, 0.25) is 0 Å². The van der Waals surface area contributed by atoms with Crippen LogP contribution in [0.1, 0.15) is 19.2 Å². The summed E-state index contributed by atoms with van der Waals surface area (Å²) in [6.45, 7) is 2.98. The lowest BCUT2D eigenvalue weighted by Gasteiger charge is -2.11. The Morgan fingerprint density at radius 3 is 3.17 bits per heavy atom. The quantitative estimate of drug-likeness (QED) is 0.861. The summed E-state index contributed by atoms with van der Waals surface area (Å²) in [5.41, 5.74) is 0. The first-order chi connectivity index (χ1) is 8.83. The molecule has 6 heteroatoms. The van der Waals surface area contributed by atoms with Gasteiger partial charge in [0.05, 0.1) is 16.7 Å². The lowest BCUT2D eigenvalue weighted by molar-refractivity contribution is 0.127. The predicted octanol–water partition coefficient (Wildman–Crippen LogP) is 3.21. The van der Waals surface area contributed by atoms with Crippen molar-refractivity contribution in [2.75, 3.05) is 6.61 Å². The Labute approximate surface area is 114 Å². The van der Waals surface area contributed by atoms with E-state index < -0.39 is 0 Å². The number of rotatable bonds is 4. The first-order valence-electron chi connectivity index (χ1n) is 5.92. The molecular weight excluding hydrogens is 268 g/mol. The summed E-state index contributed by atoms with van der Waals surface area (Å²) < 4.78 is 11.2. The molecule has 0 amide bonds. The van der Waals surface area contributed by atoms with E-state index in [0.29, 0.717) is 23.1 Å². The predicted molar refractivity (Wildman–Crippen MR) is 72.7 cm³/mol. The normalized spacial score (nSPS) is 23.6. The molecule has 2 atom stereocenters. The maximum Gasteiger partial charge on any atom is 0.257 e. The maximum absolute atomic E-state index is 5.65. The van der Waals surface area contributed by atoms with Gasteiger partial charge in [-0.2, -0.15) is 0 Å². The van der Waals surface area contributed by atoms with Crippen LogP contribution in [0, 0.1) is 0 Å². The molecule has 1 aliphatic rings. The topological polar surface area (TPSA) is 48.2 Å². The van der Waals surface area contributed by atoms with Gasteiger partial charge in [0.2, 0.25) is 5.89 Å². The number of aromatic nitrogens is 2. The molecule has 1 aliphatic heterocycles. The Balaban J connectivity index is 1.60. The highest BCUT2D eigenvalue weighted by molar-refractivity contribution is 7.99. The van der Waals surface area contributed by atoms with Crippen molar-refractivity contribution in [2.24, 2.45) is 0 Å². The van der Waals surface area contributed by atoms with Gasteiger partial charge in [-0.3, -0.25) is 0 Å². The van der Waals surface area contributed by atoms with Crippen molar-refractivity contribution < 1.29 is 9.15 Å². The van der Waals surface area contributed by atoms with E-state index in [1.807, 2.05) is 29.3 Å². The van der Waals surface area contributed by atoms with Crippen LogP contribution in [-0.4, -0.2) is 28.2 Å². The lowest BCUT2D eigenvalue weighted by Crippen LogP contribution is -2.13. The molecule has 0 spiro atoms. The number of thiophene rings is 1. The van der Waals surface area contributed by atoms with Crippen molar-refractivity contribution in [3.05, 3.63) is 23.4 Å². The third-order valence-electron chi connectivity index (χ3n) is 2.93. The molecule has 18 heavy (non-hydrogen) atoms. The fraction of sp³-hybridized carbons (Fsp3) is 0.500. The molecule has 4 nitrogen and oxygen atoms in total. The zero-order valence-corrected chi connectivity index (χ0v) is 11.7. The van der Waals surface area contributed by atoms with Gasteiger partial charge in [0.1, 0.15) is 0 Å². The third-order valence-corrected chi connectivity index (χ3v) is 5.24. The molecule has 0 aromatic carbocycles. The third kappa shape index (κ3) is 2.60. The SMILES string of the molecule is C[C@@H]1OCC[C@@H]1SCc1nnc(-c2cccs2)o1. The molecule has 3 heterocycles. The summed E-state index contributed by atoms with van der Waals surface area (Å²) in [5, 5.41) is 10.7. The van der Waals surface area contributed by atoms with E-state index in [1.54, 1.807) is 11.3 Å². The van der Waals surface area contributed by atoms with Gasteiger partial charge in [0.15, 0.2) is 0 Å². The van der Waals surface area contributed by atoms with Gasteiger partial charge in [-0.1, -0.05) is 6.07 Å². The van der Waals surface area contributed by atoms with Gasteiger partial charge in [-0.15, -0.1) is 33.3 Å². The Bertz CT molecular complexity index is 498.